The van der Waals surface area contributed by atoms with E-state index in [-0.39, 0.29) is 30.5 Å². The molecule has 1 aromatic carbocycles. The number of esters is 1. The SMILES string of the molecule is C/C=C(C(=O)OCC)\C(=N/C)c1cc(C)nc2c(OCc3c(Cl)ccnc3Cn3cccc(C(F)(F)F)c3=O)cccc12. The van der Waals surface area contributed by atoms with Crippen LogP contribution in [0.15, 0.2) is 76.3 Å². The largest absolute Gasteiger partial charge is 0.486 e. The van der Waals surface area contributed by atoms with Crippen LogP contribution in [0.25, 0.3) is 10.9 Å². The summed E-state index contributed by atoms with van der Waals surface area (Å²) < 4.78 is 52.2. The van der Waals surface area contributed by atoms with Crippen molar-refractivity contribution in [3.05, 3.63) is 110 Å². The quantitative estimate of drug-likeness (QED) is 0.125. The summed E-state index contributed by atoms with van der Waals surface area (Å²) in [5.74, 6) is -0.114. The van der Waals surface area contributed by atoms with Crippen LogP contribution < -0.4 is 10.3 Å². The molecule has 0 saturated heterocycles. The van der Waals surface area contributed by atoms with E-state index in [0.29, 0.717) is 44.8 Å². The van der Waals surface area contributed by atoms with Crippen LogP contribution >= 0.6 is 11.6 Å². The van der Waals surface area contributed by atoms with E-state index in [4.69, 9.17) is 21.1 Å². The Bertz CT molecular complexity index is 1800. The third kappa shape index (κ3) is 6.77. The van der Waals surface area contributed by atoms with Crippen LogP contribution in [0.4, 0.5) is 13.2 Å². The first kappa shape index (κ1) is 31.4. The summed E-state index contributed by atoms with van der Waals surface area (Å²) >= 11 is 6.47. The van der Waals surface area contributed by atoms with E-state index in [1.54, 1.807) is 46.0 Å². The number of carbonyl (C=O) groups is 1. The van der Waals surface area contributed by atoms with Crippen molar-refractivity contribution in [3.63, 3.8) is 0 Å². The number of fused-ring (bicyclic) bond motifs is 1. The van der Waals surface area contributed by atoms with Gasteiger partial charge in [0.1, 0.15) is 23.4 Å². The fraction of sp³-hybridized carbons (Fsp3) is 0.258. The minimum Gasteiger partial charge on any atom is -0.486 e. The Morgan fingerprint density at radius 1 is 1.19 bits per heavy atom. The highest BCUT2D eigenvalue weighted by Gasteiger charge is 2.34. The van der Waals surface area contributed by atoms with Crippen molar-refractivity contribution >= 4 is 34.2 Å². The van der Waals surface area contributed by atoms with Gasteiger partial charge in [0, 0.05) is 41.6 Å². The number of ether oxygens (including phenoxy) is 2. The topological polar surface area (TPSA) is 95.7 Å². The Morgan fingerprint density at radius 3 is 2.63 bits per heavy atom. The molecule has 4 rings (SSSR count). The average Bonchev–Trinajstić information content (AvgIpc) is 2.95. The molecule has 0 spiro atoms. The minimum absolute atomic E-state index is 0.114. The summed E-state index contributed by atoms with van der Waals surface area (Å²) in [6, 6.07) is 10.5. The summed E-state index contributed by atoms with van der Waals surface area (Å²) in [5, 5.41) is 0.933. The molecule has 0 radical (unpaired) electrons. The van der Waals surface area contributed by atoms with Gasteiger partial charge < -0.3 is 14.0 Å². The van der Waals surface area contributed by atoms with Gasteiger partial charge in [0.05, 0.1) is 35.2 Å². The summed E-state index contributed by atoms with van der Waals surface area (Å²) in [5.41, 5.74) is 0.719. The van der Waals surface area contributed by atoms with Gasteiger partial charge in [-0.3, -0.25) is 14.8 Å². The lowest BCUT2D eigenvalue weighted by Crippen LogP contribution is -2.28. The van der Waals surface area contributed by atoms with Crippen LogP contribution in [0.1, 0.15) is 41.9 Å². The molecule has 12 heteroatoms. The Kier molecular flexibility index (Phi) is 9.65. The number of aryl methyl sites for hydroxylation is 1. The van der Waals surface area contributed by atoms with E-state index in [2.05, 4.69) is 15.0 Å². The fourth-order valence-electron chi connectivity index (χ4n) is 4.59. The maximum atomic E-state index is 13.3. The first-order chi connectivity index (χ1) is 20.5. The molecule has 3 aromatic heterocycles. The molecule has 4 aromatic rings. The monoisotopic (exact) mass is 612 g/mol. The molecule has 0 aliphatic heterocycles. The fourth-order valence-corrected chi connectivity index (χ4v) is 4.81. The molecule has 0 fully saturated rings. The van der Waals surface area contributed by atoms with Gasteiger partial charge in [0.15, 0.2) is 0 Å². The number of benzene rings is 1. The highest BCUT2D eigenvalue weighted by molar-refractivity contribution is 6.31. The summed E-state index contributed by atoms with van der Waals surface area (Å²) in [7, 11) is 1.58. The Balaban J connectivity index is 1.72. The molecule has 0 amide bonds. The molecule has 0 bridgehead atoms. The number of allylic oxidation sites excluding steroid dienone is 1. The van der Waals surface area contributed by atoms with Crippen LogP contribution in [0.2, 0.25) is 5.02 Å². The highest BCUT2D eigenvalue weighted by atomic mass is 35.5. The molecule has 0 saturated carbocycles. The standard InChI is InChI=1S/C31H28ClF3N4O4/c1-5-19(30(41)42-6-2)27(36-4)21-15-18(3)38-28-20(21)9-7-11-26(28)43-17-22-24(32)12-13-37-25(22)16-39-14-8-10-23(29(39)40)31(33,34)35/h5,7-15H,6,16-17H2,1-4H3/b19-5+,36-27+. The van der Waals surface area contributed by atoms with Crippen molar-refractivity contribution in [1.82, 2.24) is 14.5 Å². The number of pyridine rings is 3. The zero-order chi connectivity index (χ0) is 31.3. The van der Waals surface area contributed by atoms with Gasteiger partial charge >= 0.3 is 12.1 Å². The Hall–Kier alpha value is -4.51. The molecule has 0 unspecified atom stereocenters. The van der Waals surface area contributed by atoms with Crippen LogP contribution in [0.3, 0.4) is 0 Å². The molecule has 8 nitrogen and oxygen atoms in total. The van der Waals surface area contributed by atoms with E-state index in [9.17, 15) is 22.8 Å². The molecular formula is C31H28ClF3N4O4. The number of hydrogen-bond donors (Lipinski definition) is 0. The lowest BCUT2D eigenvalue weighted by Gasteiger charge is -2.17. The van der Waals surface area contributed by atoms with Crippen molar-refractivity contribution in [1.29, 1.82) is 0 Å². The van der Waals surface area contributed by atoms with Gasteiger partial charge in [0.25, 0.3) is 5.56 Å². The third-order valence-electron chi connectivity index (χ3n) is 6.55. The van der Waals surface area contributed by atoms with Crippen molar-refractivity contribution in [2.45, 2.75) is 40.1 Å². The van der Waals surface area contributed by atoms with Crippen LogP contribution in [0.5, 0.6) is 5.75 Å². The van der Waals surface area contributed by atoms with Crippen molar-refractivity contribution < 1.29 is 27.4 Å². The highest BCUT2D eigenvalue weighted by Crippen LogP contribution is 2.31. The van der Waals surface area contributed by atoms with Crippen LogP contribution in [0, 0.1) is 6.92 Å². The summed E-state index contributed by atoms with van der Waals surface area (Å²) in [6.07, 6.45) is -0.489. The van der Waals surface area contributed by atoms with E-state index < -0.39 is 23.3 Å². The number of aliphatic imine (C=N–C) groups is 1. The van der Waals surface area contributed by atoms with Crippen molar-refractivity contribution in [3.8, 4) is 5.75 Å². The number of para-hydroxylation sites is 1. The number of rotatable bonds is 9. The first-order valence-corrected chi connectivity index (χ1v) is 13.6. The van der Waals surface area contributed by atoms with E-state index in [1.165, 1.54) is 18.5 Å². The van der Waals surface area contributed by atoms with E-state index in [0.717, 1.165) is 16.7 Å². The second-order valence-corrected chi connectivity index (χ2v) is 9.73. The maximum Gasteiger partial charge on any atom is 0.421 e. The van der Waals surface area contributed by atoms with Gasteiger partial charge in [-0.15, -0.1) is 0 Å². The predicted molar refractivity (Wildman–Crippen MR) is 158 cm³/mol. The van der Waals surface area contributed by atoms with Gasteiger partial charge in [0.2, 0.25) is 0 Å². The van der Waals surface area contributed by atoms with E-state index >= 15 is 0 Å². The van der Waals surface area contributed by atoms with Gasteiger partial charge in [-0.25, -0.2) is 9.78 Å². The van der Waals surface area contributed by atoms with Gasteiger partial charge in [-0.2, -0.15) is 13.2 Å². The zero-order valence-corrected chi connectivity index (χ0v) is 24.6. The zero-order valence-electron chi connectivity index (χ0n) is 23.8. The van der Waals surface area contributed by atoms with Crippen LogP contribution in [-0.4, -0.2) is 39.9 Å². The number of hydrogen-bond acceptors (Lipinski definition) is 7. The van der Waals surface area contributed by atoms with Crippen LogP contribution in [-0.2, 0) is 28.9 Å². The number of halogens is 4. The molecule has 0 aliphatic carbocycles. The number of aromatic nitrogens is 3. The van der Waals surface area contributed by atoms with Crippen molar-refractivity contribution in [2.24, 2.45) is 4.99 Å². The number of alkyl halides is 3. The molecule has 0 atom stereocenters. The minimum atomic E-state index is -4.79. The third-order valence-corrected chi connectivity index (χ3v) is 6.91. The second-order valence-electron chi connectivity index (χ2n) is 9.32. The molecule has 43 heavy (non-hydrogen) atoms. The lowest BCUT2D eigenvalue weighted by molar-refractivity contribution is -0.139. The number of nitrogens with zero attached hydrogens (tertiary/aromatic N) is 4. The number of carbonyl (C=O) groups excluding carboxylic acids is 1. The Labute approximate surface area is 250 Å². The summed E-state index contributed by atoms with van der Waals surface area (Å²) in [4.78, 5) is 38.5. The van der Waals surface area contributed by atoms with Gasteiger partial charge in [-0.1, -0.05) is 29.8 Å². The molecule has 3 heterocycles. The van der Waals surface area contributed by atoms with Crippen molar-refractivity contribution in [2.75, 3.05) is 13.7 Å². The predicted octanol–water partition coefficient (Wildman–Crippen LogP) is 6.33. The molecule has 0 aliphatic rings. The molecule has 0 N–H and O–H groups in total. The van der Waals surface area contributed by atoms with E-state index in [1.807, 2.05) is 12.1 Å². The Morgan fingerprint density at radius 2 is 1.95 bits per heavy atom. The maximum absolute atomic E-state index is 13.3. The first-order valence-electron chi connectivity index (χ1n) is 13.2. The summed E-state index contributed by atoms with van der Waals surface area (Å²) in [6.45, 7) is 5.09. The second kappa shape index (κ2) is 13.2. The lowest BCUT2D eigenvalue weighted by atomic mass is 9.97. The molecular weight excluding hydrogens is 585 g/mol. The average molecular weight is 613 g/mol. The molecule has 224 valence electrons. The van der Waals surface area contributed by atoms with Gasteiger partial charge in [-0.05, 0) is 51.1 Å². The normalized spacial score (nSPS) is 12.5. The smallest absolute Gasteiger partial charge is 0.421 e.